The van der Waals surface area contributed by atoms with Gasteiger partial charge < -0.3 is 9.80 Å². The van der Waals surface area contributed by atoms with Crippen LogP contribution < -0.4 is 5.32 Å². The second-order valence-corrected chi connectivity index (χ2v) is 17.6. The van der Waals surface area contributed by atoms with E-state index in [1.807, 2.05) is 0 Å². The maximum atomic E-state index is 12.7. The van der Waals surface area contributed by atoms with Gasteiger partial charge in [-0.2, -0.15) is 8.42 Å². The zero-order valence-corrected chi connectivity index (χ0v) is 26.9. The van der Waals surface area contributed by atoms with Crippen molar-refractivity contribution in [3.63, 3.8) is 0 Å². The number of carbonyl (C=O) groups excluding carboxylic acids is 1. The fourth-order valence-corrected chi connectivity index (χ4v) is 10.9. The average Bonchev–Trinajstić information content (AvgIpc) is 3.21. The van der Waals surface area contributed by atoms with Crippen LogP contribution in [0.15, 0.2) is 0 Å². The van der Waals surface area contributed by atoms with Crippen LogP contribution in [0.25, 0.3) is 0 Å². The quantitative estimate of drug-likeness (QED) is 0.176. The number of quaternary nitrogens is 1. The van der Waals surface area contributed by atoms with Crippen LogP contribution in [0.2, 0.25) is 0 Å². The van der Waals surface area contributed by atoms with E-state index in [1.165, 1.54) is 64.2 Å². The van der Waals surface area contributed by atoms with Gasteiger partial charge in [0.2, 0.25) is 10.8 Å². The lowest BCUT2D eigenvalue weighted by atomic mass is 9.44. The summed E-state index contributed by atoms with van der Waals surface area (Å²) < 4.78 is 33.4. The molecule has 7 heteroatoms. The Balaban J connectivity index is 1.25. The largest absolute Gasteiger partial charge is 0.356 e. The van der Waals surface area contributed by atoms with E-state index in [-0.39, 0.29) is 10.4 Å². The normalized spacial score (nSPS) is 37.9. The van der Waals surface area contributed by atoms with E-state index in [9.17, 15) is 17.8 Å². The minimum Gasteiger partial charge on any atom is -0.356 e. The maximum Gasteiger partial charge on any atom is 0.321 e. The number of hydrogen-bond donors (Lipinski definition) is 2. The minimum absolute atomic E-state index is 0.105. The predicted octanol–water partition coefficient (Wildman–Crippen LogP) is 6.66. The summed E-state index contributed by atoms with van der Waals surface area (Å²) in [5.74, 6) is 5.13. The Labute approximate surface area is 239 Å². The molecule has 4 saturated carbocycles. The highest BCUT2D eigenvalue weighted by molar-refractivity contribution is 7.87. The summed E-state index contributed by atoms with van der Waals surface area (Å²) in [6.07, 6.45) is 16.5. The third-order valence-corrected chi connectivity index (χ3v) is 15.2. The van der Waals surface area contributed by atoms with Crippen LogP contribution in [0.1, 0.15) is 118 Å². The molecule has 0 aliphatic heterocycles. The van der Waals surface area contributed by atoms with Gasteiger partial charge in [-0.25, -0.2) is 0 Å². The van der Waals surface area contributed by atoms with Crippen molar-refractivity contribution in [1.82, 2.24) is 5.32 Å². The van der Waals surface area contributed by atoms with Crippen LogP contribution in [0.5, 0.6) is 0 Å². The molecular formula is C32H59N2O4S+. The number of nitrogens with zero attached hydrogens (tertiary/aromatic N) is 1. The first-order chi connectivity index (χ1) is 18.0. The topological polar surface area (TPSA) is 83.5 Å². The third-order valence-electron chi connectivity index (χ3n) is 13.5. The molecule has 0 aromatic rings. The summed E-state index contributed by atoms with van der Waals surface area (Å²) in [4.78, 5) is 11.4. The molecule has 4 unspecified atom stereocenters. The molecule has 226 valence electrons. The van der Waals surface area contributed by atoms with Crippen LogP contribution in [-0.2, 0) is 14.9 Å². The number of fused-ring (bicyclic) bond motifs is 5. The molecule has 1 amide bonds. The van der Waals surface area contributed by atoms with E-state index in [0.717, 1.165) is 36.0 Å². The van der Waals surface area contributed by atoms with Crippen molar-refractivity contribution in [3.8, 4) is 0 Å². The fraction of sp³-hybridized carbons (Fsp3) is 0.969. The van der Waals surface area contributed by atoms with E-state index in [2.05, 4.69) is 26.1 Å². The Kier molecular flexibility index (Phi) is 8.99. The van der Waals surface area contributed by atoms with Gasteiger partial charge in [0.05, 0.1) is 20.6 Å². The van der Waals surface area contributed by atoms with Crippen molar-refractivity contribution in [2.45, 2.75) is 123 Å². The Bertz CT molecular complexity index is 994. The molecule has 0 spiro atoms. The molecule has 6 nitrogen and oxygen atoms in total. The van der Waals surface area contributed by atoms with Gasteiger partial charge in [-0.1, -0.05) is 33.6 Å². The second kappa shape index (κ2) is 11.2. The molecule has 0 aromatic heterocycles. The van der Waals surface area contributed by atoms with Gasteiger partial charge in [-0.15, -0.1) is 0 Å². The van der Waals surface area contributed by atoms with Crippen molar-refractivity contribution in [2.75, 3.05) is 27.2 Å². The number of carbonyl (C=O) groups is 1. The van der Waals surface area contributed by atoms with Crippen LogP contribution in [-0.4, -0.2) is 55.4 Å². The molecule has 4 aliphatic carbocycles. The molecule has 39 heavy (non-hydrogen) atoms. The van der Waals surface area contributed by atoms with Gasteiger partial charge in [-0.05, 0) is 104 Å². The lowest BCUT2D eigenvalue weighted by Crippen LogP contribution is -2.60. The summed E-state index contributed by atoms with van der Waals surface area (Å²) >= 11 is 0. The predicted molar refractivity (Wildman–Crippen MR) is 158 cm³/mol. The van der Waals surface area contributed by atoms with Gasteiger partial charge >= 0.3 is 10.1 Å². The lowest BCUT2D eigenvalue weighted by molar-refractivity contribution is -0.922. The monoisotopic (exact) mass is 567 g/mol. The Morgan fingerprint density at radius 1 is 1.00 bits per heavy atom. The van der Waals surface area contributed by atoms with Gasteiger partial charge in [-0.3, -0.25) is 9.35 Å². The Hall–Kier alpha value is -0.660. The molecule has 4 rings (SSSR count). The van der Waals surface area contributed by atoms with Crippen LogP contribution in [0.3, 0.4) is 0 Å². The Morgan fingerprint density at radius 2 is 1.69 bits per heavy atom. The Morgan fingerprint density at radius 3 is 2.38 bits per heavy atom. The van der Waals surface area contributed by atoms with E-state index in [1.54, 1.807) is 27.9 Å². The summed E-state index contributed by atoms with van der Waals surface area (Å²) in [6, 6.07) is 0. The van der Waals surface area contributed by atoms with Crippen LogP contribution in [0, 0.1) is 46.3 Å². The molecule has 0 saturated heterocycles. The average molecular weight is 568 g/mol. The van der Waals surface area contributed by atoms with E-state index in [4.69, 9.17) is 0 Å². The zero-order valence-electron chi connectivity index (χ0n) is 26.1. The second-order valence-electron chi connectivity index (χ2n) is 15.7. The highest BCUT2D eigenvalue weighted by Gasteiger charge is 2.60. The molecule has 0 heterocycles. The third kappa shape index (κ3) is 5.71. The number of amides is 1. The first kappa shape index (κ1) is 31.3. The molecule has 0 bridgehead atoms. The van der Waals surface area contributed by atoms with Crippen molar-refractivity contribution in [2.24, 2.45) is 46.3 Å². The molecule has 2 N–H and O–H groups in total. The SMILES string of the molecule is C[C@H](CCC(=O)NCCC[N+](C)(C)C(C)(C)S(=O)(=O)O)[C@H]1CCC2C3CCC4CCCC[C@]4(C)C3CC[C@@]21C. The highest BCUT2D eigenvalue weighted by atomic mass is 32.2. The van der Waals surface area contributed by atoms with Crippen molar-refractivity contribution in [3.05, 3.63) is 0 Å². The zero-order chi connectivity index (χ0) is 28.9. The van der Waals surface area contributed by atoms with Gasteiger partial charge in [0, 0.05) is 33.2 Å². The number of hydrogen-bond acceptors (Lipinski definition) is 3. The van der Waals surface area contributed by atoms with E-state index < -0.39 is 15.0 Å². The summed E-state index contributed by atoms with van der Waals surface area (Å²) in [5, 5.41) is 3.06. The smallest absolute Gasteiger partial charge is 0.321 e. The molecular weight excluding hydrogens is 508 g/mol. The van der Waals surface area contributed by atoms with Crippen molar-refractivity contribution >= 4 is 16.0 Å². The van der Waals surface area contributed by atoms with Crippen molar-refractivity contribution in [1.29, 1.82) is 0 Å². The van der Waals surface area contributed by atoms with Gasteiger partial charge in [0.1, 0.15) is 0 Å². The van der Waals surface area contributed by atoms with Gasteiger partial charge in [0.25, 0.3) is 0 Å². The van der Waals surface area contributed by atoms with E-state index >= 15 is 0 Å². The summed E-state index contributed by atoms with van der Waals surface area (Å²) in [7, 11) is -0.570. The minimum atomic E-state index is -4.18. The highest BCUT2D eigenvalue weighted by Crippen LogP contribution is 2.68. The van der Waals surface area contributed by atoms with Crippen molar-refractivity contribution < 1.29 is 22.2 Å². The van der Waals surface area contributed by atoms with Gasteiger partial charge in [0.15, 0.2) is 0 Å². The number of nitrogens with one attached hydrogen (secondary N) is 1. The van der Waals surface area contributed by atoms with Crippen LogP contribution in [0.4, 0.5) is 0 Å². The standard InChI is InChI=1S/C32H58N2O4S/c1-23(12-17-29(35)33-21-10-22-34(6,7)30(2,3)39(36,37)38)26-15-16-27-25-14-13-24-11-8-9-19-31(24,4)28(25)18-20-32(26,27)5/h23-28H,8-22H2,1-7H3,(H-,33,35,36,37,38)/p+1/t23-,24?,25?,26-,27?,28?,31+,32-/m1/s1. The maximum absolute atomic E-state index is 12.7. The summed E-state index contributed by atoms with van der Waals surface area (Å²) in [6.45, 7) is 11.9. The summed E-state index contributed by atoms with van der Waals surface area (Å²) in [5.41, 5.74) is 1.04. The number of rotatable bonds is 10. The van der Waals surface area contributed by atoms with E-state index in [0.29, 0.717) is 42.7 Å². The fourth-order valence-electron chi connectivity index (χ4n) is 10.2. The molecule has 8 atom stereocenters. The molecule has 4 fully saturated rings. The van der Waals surface area contributed by atoms with Crippen LogP contribution >= 0.6 is 0 Å². The first-order valence-corrected chi connectivity index (χ1v) is 17.6. The molecule has 0 aromatic carbocycles. The molecule has 0 radical (unpaired) electrons. The lowest BCUT2D eigenvalue weighted by Gasteiger charge is -2.61. The molecule has 4 aliphatic rings. The first-order valence-electron chi connectivity index (χ1n) is 16.1.